The second kappa shape index (κ2) is 7.13. The maximum Gasteiger partial charge on any atom is 0.0762 e. The van der Waals surface area contributed by atoms with E-state index in [1.807, 2.05) is 10.9 Å². The summed E-state index contributed by atoms with van der Waals surface area (Å²) in [6.45, 7) is 7.29. The predicted octanol–water partition coefficient (Wildman–Crippen LogP) is 2.75. The molecule has 0 aliphatic rings. The van der Waals surface area contributed by atoms with E-state index in [2.05, 4.69) is 43.2 Å². The van der Waals surface area contributed by atoms with E-state index in [0.29, 0.717) is 12.1 Å². The van der Waals surface area contributed by atoms with Crippen molar-refractivity contribution in [3.8, 4) is 12.3 Å². The average Bonchev–Trinajstić information content (AvgIpc) is 2.82. The quantitative estimate of drug-likeness (QED) is 0.734. The van der Waals surface area contributed by atoms with Gasteiger partial charge in [-0.3, -0.25) is 4.68 Å². The first-order valence-corrected chi connectivity index (χ1v) is 6.42. The van der Waals surface area contributed by atoms with Crippen LogP contribution in [0.2, 0.25) is 0 Å². The highest BCUT2D eigenvalue weighted by atomic mass is 15.3. The van der Waals surface area contributed by atoms with Crippen LogP contribution in [0.5, 0.6) is 0 Å². The van der Waals surface area contributed by atoms with Gasteiger partial charge in [0.25, 0.3) is 0 Å². The summed E-state index contributed by atoms with van der Waals surface area (Å²) in [4.78, 5) is 0. The first-order valence-electron chi connectivity index (χ1n) is 6.42. The van der Waals surface area contributed by atoms with Gasteiger partial charge in [-0.1, -0.05) is 13.8 Å². The van der Waals surface area contributed by atoms with Crippen molar-refractivity contribution >= 4 is 0 Å². The Kier molecular flexibility index (Phi) is 5.79. The molecule has 0 fully saturated rings. The molecule has 1 aromatic heterocycles. The molecule has 0 radical (unpaired) electrons. The molecule has 2 atom stereocenters. The van der Waals surface area contributed by atoms with Crippen LogP contribution in [0.15, 0.2) is 12.3 Å². The summed E-state index contributed by atoms with van der Waals surface area (Å²) in [6, 6.07) is 2.94. The lowest BCUT2D eigenvalue weighted by Gasteiger charge is -2.13. The highest BCUT2D eigenvalue weighted by molar-refractivity contribution is 5.00. The molecule has 0 bridgehead atoms. The van der Waals surface area contributed by atoms with Crippen molar-refractivity contribution in [3.05, 3.63) is 18.0 Å². The topological polar surface area (TPSA) is 29.9 Å². The van der Waals surface area contributed by atoms with E-state index in [0.717, 1.165) is 31.5 Å². The molecule has 1 heterocycles. The Morgan fingerprint density at radius 1 is 1.47 bits per heavy atom. The molecule has 1 aromatic rings. The summed E-state index contributed by atoms with van der Waals surface area (Å²) in [5, 5.41) is 7.99. The average molecular weight is 233 g/mol. The van der Waals surface area contributed by atoms with E-state index in [1.165, 1.54) is 0 Å². The smallest absolute Gasteiger partial charge is 0.0762 e. The van der Waals surface area contributed by atoms with Crippen LogP contribution in [0, 0.1) is 12.3 Å². The molecular weight excluding hydrogens is 210 g/mol. The SMILES string of the molecule is C#CCC(CC)NCc1ccn(C(C)CC)n1. The van der Waals surface area contributed by atoms with Crippen LogP contribution in [0.1, 0.15) is 51.8 Å². The minimum Gasteiger partial charge on any atom is -0.307 e. The van der Waals surface area contributed by atoms with Gasteiger partial charge in [-0.2, -0.15) is 5.10 Å². The molecule has 17 heavy (non-hydrogen) atoms. The Hall–Kier alpha value is -1.27. The summed E-state index contributed by atoms with van der Waals surface area (Å²) >= 11 is 0. The minimum absolute atomic E-state index is 0.397. The van der Waals surface area contributed by atoms with E-state index < -0.39 is 0 Å². The van der Waals surface area contributed by atoms with Crippen molar-refractivity contribution < 1.29 is 0 Å². The summed E-state index contributed by atoms with van der Waals surface area (Å²) in [7, 11) is 0. The van der Waals surface area contributed by atoms with Crippen LogP contribution in [-0.2, 0) is 6.54 Å². The van der Waals surface area contributed by atoms with Gasteiger partial charge in [0.2, 0.25) is 0 Å². The third-order valence-corrected chi connectivity index (χ3v) is 3.13. The number of terminal acetylenes is 1. The highest BCUT2D eigenvalue weighted by Crippen LogP contribution is 2.09. The molecule has 0 aliphatic carbocycles. The molecule has 3 nitrogen and oxygen atoms in total. The minimum atomic E-state index is 0.397. The van der Waals surface area contributed by atoms with Gasteiger partial charge in [0.05, 0.1) is 5.69 Å². The van der Waals surface area contributed by atoms with E-state index in [-0.39, 0.29) is 0 Å². The molecule has 1 rings (SSSR count). The Morgan fingerprint density at radius 2 is 2.24 bits per heavy atom. The third kappa shape index (κ3) is 4.24. The summed E-state index contributed by atoms with van der Waals surface area (Å²) in [6.07, 6.45) is 10.3. The van der Waals surface area contributed by atoms with Gasteiger partial charge < -0.3 is 5.32 Å². The van der Waals surface area contributed by atoms with Gasteiger partial charge in [-0.15, -0.1) is 12.3 Å². The van der Waals surface area contributed by atoms with Crippen LogP contribution in [-0.4, -0.2) is 15.8 Å². The number of hydrogen-bond acceptors (Lipinski definition) is 2. The second-order valence-electron chi connectivity index (χ2n) is 4.44. The fraction of sp³-hybridized carbons (Fsp3) is 0.643. The van der Waals surface area contributed by atoms with Crippen molar-refractivity contribution in [3.63, 3.8) is 0 Å². The van der Waals surface area contributed by atoms with Gasteiger partial charge in [-0.25, -0.2) is 0 Å². The Labute approximate surface area is 105 Å². The van der Waals surface area contributed by atoms with Crippen molar-refractivity contribution in [2.45, 2.75) is 58.7 Å². The zero-order chi connectivity index (χ0) is 12.7. The Morgan fingerprint density at radius 3 is 2.82 bits per heavy atom. The molecule has 0 amide bonds. The maximum atomic E-state index is 5.33. The van der Waals surface area contributed by atoms with Crippen molar-refractivity contribution in [1.29, 1.82) is 0 Å². The molecule has 3 heteroatoms. The molecule has 0 aromatic carbocycles. The second-order valence-corrected chi connectivity index (χ2v) is 4.44. The maximum absolute atomic E-state index is 5.33. The Balaban J connectivity index is 2.47. The van der Waals surface area contributed by atoms with Crippen molar-refractivity contribution in [1.82, 2.24) is 15.1 Å². The van der Waals surface area contributed by atoms with Crippen LogP contribution >= 0.6 is 0 Å². The van der Waals surface area contributed by atoms with Crippen LogP contribution in [0.4, 0.5) is 0 Å². The fourth-order valence-corrected chi connectivity index (χ4v) is 1.66. The summed E-state index contributed by atoms with van der Waals surface area (Å²) < 4.78 is 2.03. The van der Waals surface area contributed by atoms with Gasteiger partial charge in [0.1, 0.15) is 0 Å². The zero-order valence-corrected chi connectivity index (χ0v) is 11.1. The normalized spacial score (nSPS) is 14.2. The largest absolute Gasteiger partial charge is 0.307 e. The molecule has 0 saturated carbocycles. The van der Waals surface area contributed by atoms with E-state index in [4.69, 9.17) is 6.42 Å². The van der Waals surface area contributed by atoms with Crippen LogP contribution in [0.25, 0.3) is 0 Å². The fourth-order valence-electron chi connectivity index (χ4n) is 1.66. The van der Waals surface area contributed by atoms with Gasteiger partial charge in [0.15, 0.2) is 0 Å². The summed E-state index contributed by atoms with van der Waals surface area (Å²) in [5.74, 6) is 2.70. The first-order chi connectivity index (χ1) is 8.21. The molecule has 0 aliphatic heterocycles. The lowest BCUT2D eigenvalue weighted by Crippen LogP contribution is -2.27. The highest BCUT2D eigenvalue weighted by Gasteiger charge is 2.07. The molecule has 1 N–H and O–H groups in total. The molecule has 2 unspecified atom stereocenters. The van der Waals surface area contributed by atoms with Crippen molar-refractivity contribution in [2.75, 3.05) is 0 Å². The number of rotatable bonds is 7. The van der Waals surface area contributed by atoms with Gasteiger partial charge >= 0.3 is 0 Å². The molecule has 94 valence electrons. The van der Waals surface area contributed by atoms with Crippen LogP contribution in [0.3, 0.4) is 0 Å². The third-order valence-electron chi connectivity index (χ3n) is 3.13. The van der Waals surface area contributed by atoms with E-state index >= 15 is 0 Å². The van der Waals surface area contributed by atoms with E-state index in [9.17, 15) is 0 Å². The van der Waals surface area contributed by atoms with Crippen molar-refractivity contribution in [2.24, 2.45) is 0 Å². The van der Waals surface area contributed by atoms with Gasteiger partial charge in [-0.05, 0) is 25.8 Å². The van der Waals surface area contributed by atoms with Crippen LogP contribution < -0.4 is 5.32 Å². The number of nitrogens with zero attached hydrogens (tertiary/aromatic N) is 2. The summed E-state index contributed by atoms with van der Waals surface area (Å²) in [5.41, 5.74) is 1.08. The zero-order valence-electron chi connectivity index (χ0n) is 11.1. The molecule has 0 spiro atoms. The standard InChI is InChI=1S/C14H23N3/c1-5-8-13(7-3)15-11-14-9-10-17(16-14)12(4)6-2/h1,9-10,12-13,15H,6-8,11H2,2-4H3. The lowest BCUT2D eigenvalue weighted by atomic mass is 10.1. The molecule has 0 saturated heterocycles. The number of aromatic nitrogens is 2. The van der Waals surface area contributed by atoms with Gasteiger partial charge in [0, 0.05) is 31.2 Å². The molecular formula is C14H23N3. The number of nitrogens with one attached hydrogen (secondary N) is 1. The van der Waals surface area contributed by atoms with E-state index in [1.54, 1.807) is 0 Å². The monoisotopic (exact) mass is 233 g/mol. The lowest BCUT2D eigenvalue weighted by molar-refractivity contribution is 0.462. The Bertz CT molecular complexity index is 362. The number of hydrogen-bond donors (Lipinski definition) is 1. The first kappa shape index (κ1) is 13.8. The predicted molar refractivity (Wildman–Crippen MR) is 71.6 cm³/mol.